The maximum atomic E-state index is 12.5. The van der Waals surface area contributed by atoms with Crippen LogP contribution in [0, 0.1) is 5.92 Å². The summed E-state index contributed by atoms with van der Waals surface area (Å²) in [5.41, 5.74) is 0.879. The zero-order valence-electron chi connectivity index (χ0n) is 14.9. The van der Waals surface area contributed by atoms with E-state index in [4.69, 9.17) is 4.74 Å². The molecule has 0 aliphatic heterocycles. The summed E-state index contributed by atoms with van der Waals surface area (Å²) in [6.07, 6.45) is 2.53. The number of hydrogen-bond acceptors (Lipinski definition) is 4. The molecule has 1 fully saturated rings. The van der Waals surface area contributed by atoms with E-state index in [1.807, 2.05) is 42.5 Å². The Hall–Kier alpha value is -2.69. The minimum atomic E-state index is -0.766. The first kappa shape index (κ1) is 18.1. The SMILES string of the molecule is COC(=O)[C@@H](NC(=O)Cc1ccc2ccccc2c1)[C@@H]1CCCC(=O)C1. The molecule has 5 nitrogen and oxygen atoms in total. The van der Waals surface area contributed by atoms with Crippen molar-refractivity contribution in [3.8, 4) is 0 Å². The fourth-order valence-electron chi connectivity index (χ4n) is 3.60. The van der Waals surface area contributed by atoms with Crippen LogP contribution in [-0.4, -0.2) is 30.8 Å². The fourth-order valence-corrected chi connectivity index (χ4v) is 3.60. The Morgan fingerprint density at radius 3 is 2.69 bits per heavy atom. The number of carbonyl (C=O) groups excluding carboxylic acids is 3. The normalized spacial score (nSPS) is 18.3. The number of hydrogen-bond donors (Lipinski definition) is 1. The molecule has 5 heteroatoms. The summed E-state index contributed by atoms with van der Waals surface area (Å²) < 4.78 is 4.84. The lowest BCUT2D eigenvalue weighted by Gasteiger charge is -2.28. The van der Waals surface area contributed by atoms with Gasteiger partial charge in [0.15, 0.2) is 0 Å². The molecule has 1 aliphatic rings. The van der Waals surface area contributed by atoms with Crippen LogP contribution in [0.2, 0.25) is 0 Å². The van der Waals surface area contributed by atoms with Gasteiger partial charge in [-0.3, -0.25) is 9.59 Å². The first-order valence-corrected chi connectivity index (χ1v) is 8.93. The molecule has 1 N–H and O–H groups in total. The molecule has 2 atom stereocenters. The van der Waals surface area contributed by atoms with Crippen molar-refractivity contribution in [3.63, 3.8) is 0 Å². The van der Waals surface area contributed by atoms with Gasteiger partial charge in [-0.15, -0.1) is 0 Å². The maximum Gasteiger partial charge on any atom is 0.328 e. The molecule has 0 unspecified atom stereocenters. The lowest BCUT2D eigenvalue weighted by atomic mass is 9.83. The van der Waals surface area contributed by atoms with Gasteiger partial charge >= 0.3 is 5.97 Å². The summed E-state index contributed by atoms with van der Waals surface area (Å²) in [7, 11) is 1.30. The lowest BCUT2D eigenvalue weighted by molar-refractivity contribution is -0.147. The lowest BCUT2D eigenvalue weighted by Crippen LogP contribution is -2.48. The Kier molecular flexibility index (Phi) is 5.66. The van der Waals surface area contributed by atoms with Crippen LogP contribution in [0.3, 0.4) is 0 Å². The van der Waals surface area contributed by atoms with Crippen molar-refractivity contribution in [3.05, 3.63) is 48.0 Å². The zero-order valence-corrected chi connectivity index (χ0v) is 14.9. The van der Waals surface area contributed by atoms with Crippen molar-refractivity contribution in [2.75, 3.05) is 7.11 Å². The third kappa shape index (κ3) is 4.28. The number of fused-ring (bicyclic) bond motifs is 1. The van der Waals surface area contributed by atoms with Gasteiger partial charge in [-0.2, -0.15) is 0 Å². The Labute approximate surface area is 152 Å². The maximum absolute atomic E-state index is 12.5. The molecule has 26 heavy (non-hydrogen) atoms. The highest BCUT2D eigenvalue weighted by molar-refractivity contribution is 5.88. The van der Waals surface area contributed by atoms with Gasteiger partial charge in [-0.25, -0.2) is 4.79 Å². The molecule has 0 radical (unpaired) electrons. The van der Waals surface area contributed by atoms with Crippen molar-refractivity contribution in [2.45, 2.75) is 38.1 Å². The third-order valence-electron chi connectivity index (χ3n) is 4.94. The first-order chi connectivity index (χ1) is 12.6. The molecule has 0 saturated heterocycles. The Balaban J connectivity index is 1.70. The highest BCUT2D eigenvalue weighted by atomic mass is 16.5. The van der Waals surface area contributed by atoms with Gasteiger partial charge in [-0.05, 0) is 35.1 Å². The second-order valence-electron chi connectivity index (χ2n) is 6.82. The summed E-state index contributed by atoms with van der Waals surface area (Å²) in [4.78, 5) is 36.4. The smallest absolute Gasteiger partial charge is 0.328 e. The molecule has 0 aromatic heterocycles. The van der Waals surface area contributed by atoms with Gasteiger partial charge in [0.05, 0.1) is 13.5 Å². The minimum Gasteiger partial charge on any atom is -0.467 e. The predicted molar refractivity (Wildman–Crippen MR) is 98.6 cm³/mol. The highest BCUT2D eigenvalue weighted by Gasteiger charge is 2.34. The summed E-state index contributed by atoms with van der Waals surface area (Å²) in [6, 6.07) is 13.1. The molecule has 0 heterocycles. The number of ether oxygens (including phenoxy) is 1. The van der Waals surface area contributed by atoms with Crippen LogP contribution >= 0.6 is 0 Å². The molecule has 1 aliphatic carbocycles. The fraction of sp³-hybridized carbons (Fsp3) is 0.381. The van der Waals surface area contributed by atoms with Crippen LogP contribution in [0.15, 0.2) is 42.5 Å². The minimum absolute atomic E-state index is 0.138. The zero-order chi connectivity index (χ0) is 18.5. The number of methoxy groups -OCH3 is 1. The Bertz CT molecular complexity index is 830. The van der Waals surface area contributed by atoms with E-state index in [1.165, 1.54) is 7.11 Å². The Morgan fingerprint density at radius 1 is 1.19 bits per heavy atom. The number of esters is 1. The average Bonchev–Trinajstić information content (AvgIpc) is 2.65. The van der Waals surface area contributed by atoms with Gasteiger partial charge in [0, 0.05) is 12.8 Å². The molecule has 0 spiro atoms. The van der Waals surface area contributed by atoms with E-state index >= 15 is 0 Å². The third-order valence-corrected chi connectivity index (χ3v) is 4.94. The number of carbonyl (C=O) groups is 3. The molecule has 136 valence electrons. The summed E-state index contributed by atoms with van der Waals surface area (Å²) in [5, 5.41) is 4.97. The van der Waals surface area contributed by atoms with E-state index < -0.39 is 12.0 Å². The molecular formula is C21H23NO4. The number of ketones is 1. The van der Waals surface area contributed by atoms with Crippen LogP contribution < -0.4 is 5.32 Å². The van der Waals surface area contributed by atoms with E-state index in [0.717, 1.165) is 29.2 Å². The van der Waals surface area contributed by atoms with E-state index in [1.54, 1.807) is 0 Å². The van der Waals surface area contributed by atoms with Gasteiger partial charge in [0.25, 0.3) is 0 Å². The summed E-state index contributed by atoms with van der Waals surface area (Å²) >= 11 is 0. The largest absolute Gasteiger partial charge is 0.467 e. The number of amides is 1. The Morgan fingerprint density at radius 2 is 1.96 bits per heavy atom. The first-order valence-electron chi connectivity index (χ1n) is 8.93. The van der Waals surface area contributed by atoms with Crippen LogP contribution in [0.1, 0.15) is 31.2 Å². The van der Waals surface area contributed by atoms with Crippen LogP contribution in [0.5, 0.6) is 0 Å². The monoisotopic (exact) mass is 353 g/mol. The average molecular weight is 353 g/mol. The van der Waals surface area contributed by atoms with Crippen molar-refractivity contribution in [1.82, 2.24) is 5.32 Å². The van der Waals surface area contributed by atoms with Gasteiger partial charge in [0.1, 0.15) is 11.8 Å². The van der Waals surface area contributed by atoms with Crippen LogP contribution in [0.25, 0.3) is 10.8 Å². The highest BCUT2D eigenvalue weighted by Crippen LogP contribution is 2.25. The van der Waals surface area contributed by atoms with Crippen molar-refractivity contribution < 1.29 is 19.1 Å². The van der Waals surface area contributed by atoms with Crippen LogP contribution in [0.4, 0.5) is 0 Å². The molecular weight excluding hydrogens is 330 g/mol. The molecule has 2 aromatic carbocycles. The van der Waals surface area contributed by atoms with E-state index in [9.17, 15) is 14.4 Å². The molecule has 0 bridgehead atoms. The summed E-state index contributed by atoms with van der Waals surface area (Å²) in [5.74, 6) is -0.784. The molecule has 1 amide bonds. The standard InChI is InChI=1S/C21H23NO4/c1-26-21(25)20(17-7-4-8-18(23)13-17)22-19(24)12-14-9-10-15-5-2-3-6-16(15)11-14/h2-3,5-6,9-11,17,20H,4,7-8,12-13H2,1H3,(H,22,24)/t17-,20+/m1/s1. The van der Waals surface area contributed by atoms with Crippen LogP contribution in [-0.2, 0) is 25.5 Å². The molecule has 3 rings (SSSR count). The number of Topliss-reactive ketones (excluding diaryl/α,β-unsaturated/α-hetero) is 1. The topological polar surface area (TPSA) is 72.5 Å². The van der Waals surface area contributed by atoms with Gasteiger partial charge in [-0.1, -0.05) is 42.5 Å². The molecule has 2 aromatic rings. The predicted octanol–water partition coefficient (Wildman–Crippen LogP) is 2.80. The van der Waals surface area contributed by atoms with Crippen molar-refractivity contribution >= 4 is 28.4 Å². The van der Waals surface area contributed by atoms with E-state index in [-0.39, 0.29) is 24.0 Å². The molecule has 1 saturated carbocycles. The van der Waals surface area contributed by atoms with E-state index in [0.29, 0.717) is 12.8 Å². The number of nitrogens with one attached hydrogen (secondary N) is 1. The summed E-state index contributed by atoms with van der Waals surface area (Å²) in [6.45, 7) is 0. The second kappa shape index (κ2) is 8.13. The van der Waals surface area contributed by atoms with E-state index in [2.05, 4.69) is 5.32 Å². The van der Waals surface area contributed by atoms with Gasteiger partial charge < -0.3 is 10.1 Å². The van der Waals surface area contributed by atoms with Gasteiger partial charge in [0.2, 0.25) is 5.91 Å². The van der Waals surface area contributed by atoms with Crippen molar-refractivity contribution in [2.24, 2.45) is 5.92 Å². The van der Waals surface area contributed by atoms with Crippen molar-refractivity contribution in [1.29, 1.82) is 0 Å². The number of benzene rings is 2. The number of rotatable bonds is 5. The second-order valence-corrected chi connectivity index (χ2v) is 6.82. The quantitative estimate of drug-likeness (QED) is 0.839.